The Bertz CT molecular complexity index is 818. The average molecular weight is 417 g/mol. The number of carbonyl (C=O) groups is 3. The molecule has 0 radical (unpaired) electrons. The van der Waals surface area contributed by atoms with Gasteiger partial charge in [-0.3, -0.25) is 14.4 Å². The number of ether oxygens (including phenoxy) is 1. The van der Waals surface area contributed by atoms with Crippen LogP contribution in [0.2, 0.25) is 0 Å². The highest BCUT2D eigenvalue weighted by Crippen LogP contribution is 2.72. The summed E-state index contributed by atoms with van der Waals surface area (Å²) in [6.45, 7) is 6.95. The molecular formula is C24H32O4S. The van der Waals surface area contributed by atoms with E-state index >= 15 is 0 Å². The molecule has 1 aliphatic heterocycles. The third-order valence-electron chi connectivity index (χ3n) is 9.80. The third kappa shape index (κ3) is 2.55. The summed E-state index contributed by atoms with van der Waals surface area (Å²) in [6.07, 6.45) is 9.34. The van der Waals surface area contributed by atoms with Gasteiger partial charge in [-0.25, -0.2) is 0 Å². The molecule has 0 N–H and O–H groups in total. The van der Waals surface area contributed by atoms with Gasteiger partial charge in [0, 0.05) is 18.6 Å². The van der Waals surface area contributed by atoms with E-state index in [1.165, 1.54) is 17.3 Å². The smallest absolute Gasteiger partial charge is 0.312 e. The number of esters is 1. The lowest BCUT2D eigenvalue weighted by Crippen LogP contribution is -2.57. The van der Waals surface area contributed by atoms with Crippen molar-refractivity contribution in [3.63, 3.8) is 0 Å². The first-order valence-corrected chi connectivity index (χ1v) is 12.2. The highest BCUT2D eigenvalue weighted by Gasteiger charge is 2.69. The standard InChI is InChI=1S/C24H32O4S/c1-14(25)29-19-13-15-12-16(26)4-7-22(15,2)17-5-8-23(3)18(20(17)19)6-9-24(23)10-11-28-21(24)27/h12,17-20H,4-11,13H2,1-3H3/t17-,18-,19+,20+,22-,23-,24+/m0/s1. The van der Waals surface area contributed by atoms with Crippen molar-refractivity contribution < 1.29 is 19.1 Å². The van der Waals surface area contributed by atoms with Crippen LogP contribution in [-0.4, -0.2) is 28.7 Å². The molecular weight excluding hydrogens is 384 g/mol. The molecule has 1 saturated heterocycles. The molecule has 4 aliphatic carbocycles. The fraction of sp³-hybridized carbons (Fsp3) is 0.792. The van der Waals surface area contributed by atoms with Crippen molar-refractivity contribution in [2.24, 2.45) is 34.0 Å². The second-order valence-electron chi connectivity index (χ2n) is 10.7. The van der Waals surface area contributed by atoms with E-state index in [4.69, 9.17) is 4.74 Å². The number of hydrogen-bond donors (Lipinski definition) is 0. The van der Waals surface area contributed by atoms with E-state index in [0.717, 1.165) is 44.9 Å². The lowest BCUT2D eigenvalue weighted by molar-refractivity contribution is -0.156. The maximum Gasteiger partial charge on any atom is 0.312 e. The van der Waals surface area contributed by atoms with Crippen molar-refractivity contribution in [2.75, 3.05) is 6.61 Å². The van der Waals surface area contributed by atoms with Gasteiger partial charge in [-0.15, -0.1) is 0 Å². The van der Waals surface area contributed by atoms with Crippen molar-refractivity contribution >= 4 is 28.6 Å². The molecule has 0 amide bonds. The normalized spacial score (nSPS) is 48.6. The van der Waals surface area contributed by atoms with E-state index in [0.29, 0.717) is 30.8 Å². The second-order valence-corrected chi connectivity index (χ2v) is 12.1. The monoisotopic (exact) mass is 416 g/mol. The molecule has 1 heterocycles. The lowest BCUT2D eigenvalue weighted by Gasteiger charge is -2.61. The first-order valence-electron chi connectivity index (χ1n) is 11.3. The number of rotatable bonds is 1. The van der Waals surface area contributed by atoms with Crippen LogP contribution in [-0.2, 0) is 19.1 Å². The van der Waals surface area contributed by atoms with Crippen molar-refractivity contribution in [1.82, 2.24) is 0 Å². The summed E-state index contributed by atoms with van der Waals surface area (Å²) in [6, 6.07) is 0. The van der Waals surface area contributed by atoms with E-state index in [1.807, 2.05) is 6.08 Å². The summed E-state index contributed by atoms with van der Waals surface area (Å²) in [7, 11) is 0. The molecule has 0 aromatic rings. The zero-order valence-electron chi connectivity index (χ0n) is 17.8. The molecule has 4 nitrogen and oxygen atoms in total. The van der Waals surface area contributed by atoms with E-state index in [1.54, 1.807) is 6.92 Å². The Hall–Kier alpha value is -1.10. The van der Waals surface area contributed by atoms with Gasteiger partial charge in [0.25, 0.3) is 0 Å². The molecule has 1 spiro atoms. The van der Waals surface area contributed by atoms with Crippen LogP contribution in [0.15, 0.2) is 11.6 Å². The van der Waals surface area contributed by atoms with E-state index in [-0.39, 0.29) is 38.4 Å². The van der Waals surface area contributed by atoms with Gasteiger partial charge in [0.1, 0.15) is 0 Å². The van der Waals surface area contributed by atoms with Gasteiger partial charge < -0.3 is 4.74 Å². The molecule has 158 valence electrons. The quantitative estimate of drug-likeness (QED) is 0.579. The van der Waals surface area contributed by atoms with Crippen LogP contribution < -0.4 is 0 Å². The Morgan fingerprint density at radius 1 is 1.10 bits per heavy atom. The largest absolute Gasteiger partial charge is 0.465 e. The van der Waals surface area contributed by atoms with Crippen molar-refractivity contribution in [2.45, 2.75) is 77.4 Å². The minimum Gasteiger partial charge on any atom is -0.465 e. The zero-order valence-corrected chi connectivity index (χ0v) is 18.6. The highest BCUT2D eigenvalue weighted by molar-refractivity contribution is 8.14. The number of fused-ring (bicyclic) bond motifs is 6. The predicted octanol–water partition coefficient (Wildman–Crippen LogP) is 4.71. The van der Waals surface area contributed by atoms with Crippen molar-refractivity contribution in [3.05, 3.63) is 11.6 Å². The minimum atomic E-state index is -0.312. The number of allylic oxidation sites excluding steroid dienone is 1. The van der Waals surface area contributed by atoms with Crippen LogP contribution in [0.4, 0.5) is 0 Å². The highest BCUT2D eigenvalue weighted by atomic mass is 32.2. The predicted molar refractivity (Wildman–Crippen MR) is 112 cm³/mol. The van der Waals surface area contributed by atoms with E-state index in [9.17, 15) is 14.4 Å². The Morgan fingerprint density at radius 3 is 2.55 bits per heavy atom. The maximum absolute atomic E-state index is 12.9. The third-order valence-corrected chi connectivity index (χ3v) is 10.9. The van der Waals surface area contributed by atoms with E-state index in [2.05, 4.69) is 13.8 Å². The summed E-state index contributed by atoms with van der Waals surface area (Å²) in [5.74, 6) is 1.67. The Balaban J connectivity index is 1.58. The topological polar surface area (TPSA) is 60.4 Å². The van der Waals surface area contributed by atoms with Crippen molar-refractivity contribution in [3.8, 4) is 0 Å². The van der Waals surface area contributed by atoms with Gasteiger partial charge in [0.05, 0.1) is 12.0 Å². The Kier molecular flexibility index (Phi) is 4.41. The molecule has 3 saturated carbocycles. The molecule has 5 heteroatoms. The van der Waals surface area contributed by atoms with Crippen LogP contribution in [0.1, 0.15) is 72.1 Å². The summed E-state index contributed by atoms with van der Waals surface area (Å²) in [5.41, 5.74) is 1.01. The number of hydrogen-bond acceptors (Lipinski definition) is 5. The van der Waals surface area contributed by atoms with Gasteiger partial charge in [0.2, 0.25) is 0 Å². The molecule has 4 fully saturated rings. The fourth-order valence-electron chi connectivity index (χ4n) is 8.27. The minimum absolute atomic E-state index is 0.0284. The van der Waals surface area contributed by atoms with Crippen molar-refractivity contribution in [1.29, 1.82) is 0 Å². The van der Waals surface area contributed by atoms with Gasteiger partial charge >= 0.3 is 5.97 Å². The molecule has 0 unspecified atom stereocenters. The maximum atomic E-state index is 12.9. The summed E-state index contributed by atoms with van der Waals surface area (Å²) in [4.78, 5) is 37.2. The van der Waals surface area contributed by atoms with Gasteiger partial charge in [-0.1, -0.05) is 31.2 Å². The molecule has 7 atom stereocenters. The van der Waals surface area contributed by atoms with Crippen LogP contribution in [0.25, 0.3) is 0 Å². The fourth-order valence-corrected chi connectivity index (χ4v) is 9.50. The van der Waals surface area contributed by atoms with E-state index < -0.39 is 0 Å². The average Bonchev–Trinajstić information content (AvgIpc) is 3.18. The van der Waals surface area contributed by atoms with Crippen LogP contribution in [0, 0.1) is 34.0 Å². The first-order chi connectivity index (χ1) is 13.7. The summed E-state index contributed by atoms with van der Waals surface area (Å²) >= 11 is 1.49. The van der Waals surface area contributed by atoms with Gasteiger partial charge in [-0.05, 0) is 79.6 Å². The molecule has 29 heavy (non-hydrogen) atoms. The van der Waals surface area contributed by atoms with Crippen LogP contribution >= 0.6 is 11.8 Å². The van der Waals surface area contributed by atoms with Crippen LogP contribution in [0.3, 0.4) is 0 Å². The Morgan fingerprint density at radius 2 is 1.86 bits per heavy atom. The number of thioether (sulfide) groups is 1. The number of ketones is 1. The Labute approximate surface area is 177 Å². The zero-order chi connectivity index (χ0) is 20.6. The second kappa shape index (κ2) is 6.45. The van der Waals surface area contributed by atoms with Crippen LogP contribution in [0.5, 0.6) is 0 Å². The number of carbonyl (C=O) groups excluding carboxylic acids is 3. The molecule has 5 rings (SSSR count). The molecule has 0 aromatic heterocycles. The number of cyclic esters (lactones) is 1. The van der Waals surface area contributed by atoms with Gasteiger partial charge in [-0.2, -0.15) is 0 Å². The molecule has 0 aromatic carbocycles. The summed E-state index contributed by atoms with van der Waals surface area (Å²) in [5, 5.41) is 0.389. The summed E-state index contributed by atoms with van der Waals surface area (Å²) < 4.78 is 5.50. The molecule has 0 bridgehead atoms. The van der Waals surface area contributed by atoms with Gasteiger partial charge in [0.15, 0.2) is 10.9 Å². The molecule has 5 aliphatic rings. The first kappa shape index (κ1) is 19.8. The SMILES string of the molecule is CC(=O)S[C@@H]1CC2=CC(=O)CC[C@]2(C)[C@H]2CC[C@@]3(C)[C@@H](CC[C@]34CCOC4=O)[C@H]12. The lowest BCUT2D eigenvalue weighted by atomic mass is 9.45.